The number of hydrazine groups is 1. The highest BCUT2D eigenvalue weighted by molar-refractivity contribution is 5.80. The molecule has 0 aromatic rings. The van der Waals surface area contributed by atoms with Crippen molar-refractivity contribution < 1.29 is 35.4 Å². The van der Waals surface area contributed by atoms with Crippen LogP contribution in [-0.2, 0) is 4.79 Å². The van der Waals surface area contributed by atoms with Gasteiger partial charge >= 0.3 is 0 Å². The highest BCUT2D eigenvalue weighted by atomic mass is 16.4. The Labute approximate surface area is 90.7 Å². The molecule has 0 aliphatic carbocycles. The number of amides is 1. The molecule has 9 nitrogen and oxygen atoms in total. The smallest absolute Gasteiger partial charge is 0.265 e. The van der Waals surface area contributed by atoms with E-state index in [0.29, 0.717) is 0 Å². The minimum absolute atomic E-state index is 0.857. The summed E-state index contributed by atoms with van der Waals surface area (Å²) in [5.41, 5.74) is 1.53. The van der Waals surface area contributed by atoms with Crippen LogP contribution in [0.15, 0.2) is 0 Å². The van der Waals surface area contributed by atoms with Gasteiger partial charge in [0.2, 0.25) is 0 Å². The third-order valence-electron chi connectivity index (χ3n) is 2.02. The zero-order valence-electron chi connectivity index (χ0n) is 8.26. The topological polar surface area (TPSA) is 176 Å². The molecule has 0 aromatic carbocycles. The van der Waals surface area contributed by atoms with Crippen molar-refractivity contribution in [1.82, 2.24) is 5.43 Å². The van der Waals surface area contributed by atoms with Crippen molar-refractivity contribution in [2.75, 3.05) is 6.61 Å². The van der Waals surface area contributed by atoms with Crippen molar-refractivity contribution in [3.63, 3.8) is 0 Å². The van der Waals surface area contributed by atoms with Crippen LogP contribution < -0.4 is 11.3 Å². The molecule has 0 saturated carbocycles. The second-order valence-electron chi connectivity index (χ2n) is 3.18. The minimum Gasteiger partial charge on any atom is -0.394 e. The molecule has 0 heterocycles. The lowest BCUT2D eigenvalue weighted by atomic mass is 9.99. The highest BCUT2D eigenvalue weighted by Crippen LogP contribution is 2.08. The molecule has 0 aliphatic heterocycles. The first-order valence-electron chi connectivity index (χ1n) is 4.38. The summed E-state index contributed by atoms with van der Waals surface area (Å²) >= 11 is 0. The standard InChI is InChI=1S/C7H16N2O7/c8-9-7(16)6(15)5(14)4(13)3(12)2(11)1-10/h2-6,10-15H,1,8H2,(H,9,16)/t2-,3-,4-,5-,6-/m0/s1. The lowest BCUT2D eigenvalue weighted by Gasteiger charge is -2.27. The molecule has 9 N–H and O–H groups in total. The number of nitrogens with one attached hydrogen (secondary N) is 1. The predicted molar refractivity (Wildman–Crippen MR) is 49.4 cm³/mol. The average Bonchev–Trinajstić information content (AvgIpc) is 2.32. The molecule has 0 radical (unpaired) electrons. The zero-order valence-corrected chi connectivity index (χ0v) is 8.26. The van der Waals surface area contributed by atoms with Gasteiger partial charge < -0.3 is 30.6 Å². The quantitative estimate of drug-likeness (QED) is 0.129. The van der Waals surface area contributed by atoms with E-state index in [1.807, 2.05) is 0 Å². The van der Waals surface area contributed by atoms with Gasteiger partial charge in [0.05, 0.1) is 6.61 Å². The minimum atomic E-state index is -2.07. The van der Waals surface area contributed by atoms with Gasteiger partial charge in [-0.2, -0.15) is 0 Å². The first-order valence-corrected chi connectivity index (χ1v) is 4.38. The number of rotatable bonds is 6. The van der Waals surface area contributed by atoms with Gasteiger partial charge in [-0.1, -0.05) is 0 Å². The second-order valence-corrected chi connectivity index (χ2v) is 3.18. The SMILES string of the molecule is NNC(=O)[C@@H](O)[C@@H](O)[C@@H](O)[C@@H](O)[C@@H](O)CO. The maximum absolute atomic E-state index is 10.8. The van der Waals surface area contributed by atoms with E-state index in [1.54, 1.807) is 0 Å². The monoisotopic (exact) mass is 240 g/mol. The van der Waals surface area contributed by atoms with E-state index in [4.69, 9.17) is 20.4 Å². The highest BCUT2D eigenvalue weighted by Gasteiger charge is 2.36. The number of carbonyl (C=O) groups is 1. The van der Waals surface area contributed by atoms with E-state index >= 15 is 0 Å². The van der Waals surface area contributed by atoms with Crippen LogP contribution in [-0.4, -0.2) is 73.7 Å². The van der Waals surface area contributed by atoms with Gasteiger partial charge in [0, 0.05) is 0 Å². The Kier molecular flexibility index (Phi) is 6.36. The van der Waals surface area contributed by atoms with E-state index in [-0.39, 0.29) is 0 Å². The molecule has 0 rings (SSSR count). The van der Waals surface area contributed by atoms with E-state index < -0.39 is 43.0 Å². The lowest BCUT2D eigenvalue weighted by Crippen LogP contribution is -2.54. The number of nitrogens with two attached hydrogens (primary N) is 1. The van der Waals surface area contributed by atoms with Crippen molar-refractivity contribution in [3.8, 4) is 0 Å². The lowest BCUT2D eigenvalue weighted by molar-refractivity contribution is -0.156. The number of aliphatic hydroxyl groups excluding tert-OH is 6. The van der Waals surface area contributed by atoms with Gasteiger partial charge in [-0.3, -0.25) is 10.2 Å². The number of carbonyl (C=O) groups excluding carboxylic acids is 1. The molecular weight excluding hydrogens is 224 g/mol. The Hall–Kier alpha value is -0.810. The molecule has 0 aliphatic rings. The number of hydrogen-bond donors (Lipinski definition) is 8. The summed E-state index contributed by atoms with van der Waals surface area (Å²) in [7, 11) is 0. The van der Waals surface area contributed by atoms with Crippen molar-refractivity contribution in [2.24, 2.45) is 5.84 Å². The maximum atomic E-state index is 10.8. The van der Waals surface area contributed by atoms with E-state index in [0.717, 1.165) is 0 Å². The van der Waals surface area contributed by atoms with Crippen molar-refractivity contribution in [3.05, 3.63) is 0 Å². The van der Waals surface area contributed by atoms with E-state index in [2.05, 4.69) is 5.84 Å². The maximum Gasteiger partial charge on any atom is 0.265 e. The third kappa shape index (κ3) is 3.64. The Balaban J connectivity index is 4.47. The summed E-state index contributed by atoms with van der Waals surface area (Å²) in [6, 6.07) is 0. The van der Waals surface area contributed by atoms with Crippen molar-refractivity contribution in [1.29, 1.82) is 0 Å². The molecule has 0 bridgehead atoms. The summed E-state index contributed by atoms with van der Waals surface area (Å²) in [6.45, 7) is -0.857. The molecule has 0 fully saturated rings. The summed E-state index contributed by atoms with van der Waals surface area (Å²) in [5.74, 6) is 3.50. The first kappa shape index (κ1) is 15.2. The molecule has 0 unspecified atom stereocenters. The van der Waals surface area contributed by atoms with Crippen LogP contribution in [0.5, 0.6) is 0 Å². The van der Waals surface area contributed by atoms with Crippen molar-refractivity contribution >= 4 is 5.91 Å². The Morgan fingerprint density at radius 3 is 1.94 bits per heavy atom. The molecule has 0 aromatic heterocycles. The largest absolute Gasteiger partial charge is 0.394 e. The van der Waals surface area contributed by atoms with Crippen LogP contribution in [0, 0.1) is 0 Å². The summed E-state index contributed by atoms with van der Waals surface area (Å²) in [6.07, 6.45) is -9.77. The predicted octanol–water partition coefficient (Wildman–Crippen LogP) is -5.23. The summed E-state index contributed by atoms with van der Waals surface area (Å²) in [5, 5.41) is 54.2. The number of aliphatic hydroxyl groups is 6. The summed E-state index contributed by atoms with van der Waals surface area (Å²) in [4.78, 5) is 10.8. The average molecular weight is 240 g/mol. The molecule has 0 saturated heterocycles. The van der Waals surface area contributed by atoms with E-state index in [9.17, 15) is 15.0 Å². The Morgan fingerprint density at radius 1 is 1.06 bits per heavy atom. The summed E-state index contributed by atoms with van der Waals surface area (Å²) < 4.78 is 0. The van der Waals surface area contributed by atoms with Gasteiger partial charge in [0.15, 0.2) is 6.10 Å². The second kappa shape index (κ2) is 6.70. The van der Waals surface area contributed by atoms with Crippen LogP contribution in [0.1, 0.15) is 0 Å². The fourth-order valence-electron chi connectivity index (χ4n) is 0.965. The van der Waals surface area contributed by atoms with Gasteiger partial charge in [-0.05, 0) is 0 Å². The van der Waals surface area contributed by atoms with Crippen molar-refractivity contribution in [2.45, 2.75) is 30.5 Å². The van der Waals surface area contributed by atoms with Gasteiger partial charge in [-0.15, -0.1) is 0 Å². The number of hydrogen-bond acceptors (Lipinski definition) is 8. The molecule has 9 heteroatoms. The Bertz CT molecular complexity index is 227. The third-order valence-corrected chi connectivity index (χ3v) is 2.02. The molecule has 5 atom stereocenters. The normalized spacial score (nSPS) is 20.7. The molecule has 16 heavy (non-hydrogen) atoms. The fraction of sp³-hybridized carbons (Fsp3) is 0.857. The van der Waals surface area contributed by atoms with Crippen LogP contribution in [0.2, 0.25) is 0 Å². The fourth-order valence-corrected chi connectivity index (χ4v) is 0.965. The van der Waals surface area contributed by atoms with E-state index in [1.165, 1.54) is 5.43 Å². The molecular formula is C7H16N2O7. The molecule has 96 valence electrons. The van der Waals surface area contributed by atoms with Crippen LogP contribution >= 0.6 is 0 Å². The molecule has 1 amide bonds. The van der Waals surface area contributed by atoms with Gasteiger partial charge in [0.25, 0.3) is 5.91 Å². The molecule has 0 spiro atoms. The zero-order chi connectivity index (χ0) is 12.9. The van der Waals surface area contributed by atoms with Gasteiger partial charge in [-0.25, -0.2) is 5.84 Å². The van der Waals surface area contributed by atoms with Crippen LogP contribution in [0.25, 0.3) is 0 Å². The van der Waals surface area contributed by atoms with Gasteiger partial charge in [0.1, 0.15) is 24.4 Å². The Morgan fingerprint density at radius 2 is 1.56 bits per heavy atom. The van der Waals surface area contributed by atoms with Crippen LogP contribution in [0.3, 0.4) is 0 Å². The first-order chi connectivity index (χ1) is 7.36. The van der Waals surface area contributed by atoms with Crippen LogP contribution in [0.4, 0.5) is 0 Å².